The van der Waals surface area contributed by atoms with Crippen LogP contribution in [0.4, 0.5) is 10.5 Å². The fourth-order valence-corrected chi connectivity index (χ4v) is 2.80. The van der Waals surface area contributed by atoms with E-state index in [9.17, 15) is 9.59 Å². The average molecular weight is 434 g/mol. The molecule has 0 aliphatic rings. The second-order valence-corrected chi connectivity index (χ2v) is 6.92. The summed E-state index contributed by atoms with van der Waals surface area (Å²) in [6, 6.07) is 22.8. The summed E-state index contributed by atoms with van der Waals surface area (Å²) >= 11 is 0. The van der Waals surface area contributed by atoms with Gasteiger partial charge in [0.25, 0.3) is 0 Å². The fourth-order valence-electron chi connectivity index (χ4n) is 2.80. The predicted octanol–water partition coefficient (Wildman–Crippen LogP) is 5.13. The van der Waals surface area contributed by atoms with Crippen LogP contribution in [0.25, 0.3) is 0 Å². The number of alkyl carbamates (subject to hydrolysis) is 1. The highest BCUT2D eigenvalue weighted by Gasteiger charge is 2.18. The van der Waals surface area contributed by atoms with E-state index in [2.05, 4.69) is 10.6 Å². The molecule has 3 aromatic rings. The summed E-state index contributed by atoms with van der Waals surface area (Å²) in [6.45, 7) is 4.21. The van der Waals surface area contributed by atoms with Crippen molar-refractivity contribution in [3.05, 3.63) is 84.4 Å². The molecule has 2 N–H and O–H groups in total. The van der Waals surface area contributed by atoms with Crippen molar-refractivity contribution >= 4 is 17.7 Å². The molecule has 2 amide bonds. The van der Waals surface area contributed by atoms with Crippen molar-refractivity contribution < 1.29 is 23.8 Å². The highest BCUT2D eigenvalue weighted by molar-refractivity contribution is 5.97. The Balaban J connectivity index is 1.55. The molecule has 0 heterocycles. The van der Waals surface area contributed by atoms with E-state index < -0.39 is 18.0 Å². The summed E-state index contributed by atoms with van der Waals surface area (Å²) < 4.78 is 16.5. The maximum Gasteiger partial charge on any atom is 0.408 e. The van der Waals surface area contributed by atoms with Crippen molar-refractivity contribution in [1.29, 1.82) is 0 Å². The predicted molar refractivity (Wildman–Crippen MR) is 122 cm³/mol. The smallest absolute Gasteiger partial charge is 0.408 e. The Hall–Kier alpha value is -4.00. The zero-order valence-electron chi connectivity index (χ0n) is 18.0. The number of carbonyl (C=O) groups excluding carboxylic acids is 2. The average Bonchev–Trinajstić information content (AvgIpc) is 2.81. The summed E-state index contributed by atoms with van der Waals surface area (Å²) in [4.78, 5) is 24.6. The van der Waals surface area contributed by atoms with E-state index in [-0.39, 0.29) is 6.61 Å². The Kier molecular flexibility index (Phi) is 8.09. The zero-order valence-corrected chi connectivity index (χ0v) is 18.0. The number of hydrogen-bond donors (Lipinski definition) is 2. The van der Waals surface area contributed by atoms with Gasteiger partial charge in [0.15, 0.2) is 5.75 Å². The van der Waals surface area contributed by atoms with Crippen LogP contribution in [0.1, 0.15) is 19.4 Å². The van der Waals surface area contributed by atoms with Crippen LogP contribution in [0.3, 0.4) is 0 Å². The van der Waals surface area contributed by atoms with Gasteiger partial charge < -0.3 is 24.8 Å². The van der Waals surface area contributed by atoms with Gasteiger partial charge in [-0.05, 0) is 55.8 Å². The fraction of sp³-hybridized carbons (Fsp3) is 0.200. The lowest BCUT2D eigenvalue weighted by molar-refractivity contribution is -0.117. The lowest BCUT2D eigenvalue weighted by Crippen LogP contribution is -2.41. The molecule has 7 nitrogen and oxygen atoms in total. The minimum Gasteiger partial charge on any atom is -0.494 e. The van der Waals surface area contributed by atoms with E-state index in [0.717, 1.165) is 11.3 Å². The van der Waals surface area contributed by atoms with E-state index >= 15 is 0 Å². The van der Waals surface area contributed by atoms with Gasteiger partial charge in [-0.2, -0.15) is 0 Å². The second kappa shape index (κ2) is 11.4. The summed E-state index contributed by atoms with van der Waals surface area (Å²) in [7, 11) is 0. The molecule has 0 saturated carbocycles. The third-order valence-electron chi connectivity index (χ3n) is 4.45. The van der Waals surface area contributed by atoms with Crippen LogP contribution < -0.4 is 20.1 Å². The highest BCUT2D eigenvalue weighted by atomic mass is 16.5. The lowest BCUT2D eigenvalue weighted by Gasteiger charge is -2.16. The van der Waals surface area contributed by atoms with E-state index in [1.807, 2.05) is 55.5 Å². The first-order chi connectivity index (χ1) is 15.5. The van der Waals surface area contributed by atoms with Crippen molar-refractivity contribution in [3.8, 4) is 17.2 Å². The van der Waals surface area contributed by atoms with Crippen LogP contribution in [0, 0.1) is 0 Å². The molecule has 32 heavy (non-hydrogen) atoms. The number of hydrogen-bond acceptors (Lipinski definition) is 5. The van der Waals surface area contributed by atoms with Gasteiger partial charge in [0.05, 0.1) is 12.3 Å². The van der Waals surface area contributed by atoms with E-state index in [0.29, 0.717) is 23.8 Å². The SMILES string of the molecule is CCOc1ccc(Oc2ccccc2NC(=O)[C@H](C)NC(=O)OCc2ccccc2)cc1. The van der Waals surface area contributed by atoms with Crippen LogP contribution in [-0.4, -0.2) is 24.6 Å². The number of benzene rings is 3. The third-order valence-corrected chi connectivity index (χ3v) is 4.45. The maximum atomic E-state index is 12.6. The van der Waals surface area contributed by atoms with E-state index in [1.165, 1.54) is 0 Å². The van der Waals surface area contributed by atoms with Gasteiger partial charge in [-0.25, -0.2) is 4.79 Å². The number of amides is 2. The molecule has 0 aliphatic carbocycles. The molecule has 0 saturated heterocycles. The molecule has 1 atom stereocenters. The highest BCUT2D eigenvalue weighted by Crippen LogP contribution is 2.30. The number of ether oxygens (including phenoxy) is 3. The molecule has 0 spiro atoms. The van der Waals surface area contributed by atoms with Crippen molar-refractivity contribution in [2.45, 2.75) is 26.5 Å². The Morgan fingerprint density at radius 3 is 2.25 bits per heavy atom. The van der Waals surface area contributed by atoms with Crippen molar-refractivity contribution in [2.24, 2.45) is 0 Å². The van der Waals surface area contributed by atoms with Gasteiger partial charge in [0.1, 0.15) is 24.1 Å². The van der Waals surface area contributed by atoms with Crippen LogP contribution in [0.5, 0.6) is 17.2 Å². The summed E-state index contributed by atoms with van der Waals surface area (Å²) in [5.41, 5.74) is 1.35. The van der Waals surface area contributed by atoms with Crippen molar-refractivity contribution in [2.75, 3.05) is 11.9 Å². The minimum absolute atomic E-state index is 0.125. The molecule has 0 unspecified atom stereocenters. The summed E-state index contributed by atoms with van der Waals surface area (Å²) in [6.07, 6.45) is -0.671. The first-order valence-electron chi connectivity index (χ1n) is 10.3. The minimum atomic E-state index is -0.809. The largest absolute Gasteiger partial charge is 0.494 e. The molecule has 3 rings (SSSR count). The van der Waals surface area contributed by atoms with Crippen molar-refractivity contribution in [3.63, 3.8) is 0 Å². The molecule has 0 bridgehead atoms. The molecular formula is C25H26N2O5. The molecule has 0 fully saturated rings. The standard InChI is InChI=1S/C25H26N2O5/c1-3-30-20-13-15-21(16-14-20)32-23-12-8-7-11-22(23)27-24(28)18(2)26-25(29)31-17-19-9-5-4-6-10-19/h4-16,18H,3,17H2,1-2H3,(H,26,29)(H,27,28)/t18-/m0/s1. The van der Waals surface area contributed by atoms with E-state index in [1.54, 1.807) is 37.3 Å². The summed E-state index contributed by atoms with van der Waals surface area (Å²) in [5, 5.41) is 5.31. The molecular weight excluding hydrogens is 408 g/mol. The topological polar surface area (TPSA) is 85.9 Å². The molecule has 0 aromatic heterocycles. The zero-order chi connectivity index (χ0) is 22.8. The molecule has 7 heteroatoms. The van der Waals surface area contributed by atoms with Gasteiger partial charge >= 0.3 is 6.09 Å². The normalized spacial score (nSPS) is 11.2. The monoisotopic (exact) mass is 434 g/mol. The maximum absolute atomic E-state index is 12.6. The van der Waals surface area contributed by atoms with Gasteiger partial charge in [0.2, 0.25) is 5.91 Å². The van der Waals surface area contributed by atoms with Crippen LogP contribution >= 0.6 is 0 Å². The van der Waals surface area contributed by atoms with Gasteiger partial charge in [-0.1, -0.05) is 42.5 Å². The Morgan fingerprint density at radius 2 is 1.53 bits per heavy atom. The molecule has 0 aliphatic heterocycles. The van der Waals surface area contributed by atoms with Crippen LogP contribution in [0.2, 0.25) is 0 Å². The van der Waals surface area contributed by atoms with Crippen molar-refractivity contribution in [1.82, 2.24) is 5.32 Å². The first-order valence-corrected chi connectivity index (χ1v) is 10.3. The Labute approximate surface area is 187 Å². The van der Waals surface area contributed by atoms with Crippen LogP contribution in [-0.2, 0) is 16.1 Å². The number of para-hydroxylation sites is 2. The molecule has 3 aromatic carbocycles. The lowest BCUT2D eigenvalue weighted by atomic mass is 10.2. The second-order valence-electron chi connectivity index (χ2n) is 6.92. The quantitative estimate of drug-likeness (QED) is 0.488. The number of anilines is 1. The van der Waals surface area contributed by atoms with Crippen LogP contribution in [0.15, 0.2) is 78.9 Å². The molecule has 166 valence electrons. The number of carbonyl (C=O) groups is 2. The number of rotatable bonds is 9. The van der Waals surface area contributed by atoms with Gasteiger partial charge in [0, 0.05) is 0 Å². The first kappa shape index (κ1) is 22.7. The van der Waals surface area contributed by atoms with Gasteiger partial charge in [-0.3, -0.25) is 4.79 Å². The van der Waals surface area contributed by atoms with E-state index in [4.69, 9.17) is 14.2 Å². The Morgan fingerprint density at radius 1 is 0.875 bits per heavy atom. The third kappa shape index (κ3) is 6.77. The molecule has 0 radical (unpaired) electrons. The van der Waals surface area contributed by atoms with Gasteiger partial charge in [-0.15, -0.1) is 0 Å². The Bertz CT molecular complexity index is 1020. The number of nitrogens with one attached hydrogen (secondary N) is 2. The summed E-state index contributed by atoms with van der Waals surface area (Å²) in [5.74, 6) is 1.43.